The first kappa shape index (κ1) is 9.90. The van der Waals surface area contributed by atoms with E-state index in [0.29, 0.717) is 0 Å². The van der Waals surface area contributed by atoms with Gasteiger partial charge >= 0.3 is 16.9 Å². The average Bonchev–Trinajstić information content (AvgIpc) is 2.21. The lowest BCUT2D eigenvalue weighted by atomic mass is 10.3. The Kier molecular flexibility index (Phi) is 1.97. The summed E-state index contributed by atoms with van der Waals surface area (Å²) in [6.07, 6.45) is 0. The summed E-state index contributed by atoms with van der Waals surface area (Å²) in [5, 5.41) is 19.8. The first-order valence-electron chi connectivity index (χ1n) is 3.95. The van der Waals surface area contributed by atoms with Crippen LogP contribution in [0.3, 0.4) is 0 Å². The number of rotatable bonds is 1. The van der Waals surface area contributed by atoms with Crippen LogP contribution in [0, 0.1) is 10.1 Å². The molecular formula is C8H3NO7. The van der Waals surface area contributed by atoms with Crippen molar-refractivity contribution in [1.29, 1.82) is 0 Å². The molecule has 0 unspecified atom stereocenters. The lowest BCUT2D eigenvalue weighted by Gasteiger charge is -1.97. The van der Waals surface area contributed by atoms with Crippen molar-refractivity contribution in [3.63, 3.8) is 0 Å². The van der Waals surface area contributed by atoms with E-state index in [2.05, 4.69) is 8.83 Å². The van der Waals surface area contributed by atoms with Crippen LogP contribution in [0.2, 0.25) is 0 Å². The molecule has 0 radical (unpaired) electrons. The van der Waals surface area contributed by atoms with Crippen LogP contribution < -0.4 is 11.3 Å². The molecule has 16 heavy (non-hydrogen) atoms. The third-order valence-corrected chi connectivity index (χ3v) is 1.82. The zero-order chi connectivity index (χ0) is 11.9. The molecule has 1 N–H and O–H groups in total. The van der Waals surface area contributed by atoms with Gasteiger partial charge in [-0.25, -0.2) is 9.59 Å². The molecule has 8 nitrogen and oxygen atoms in total. The number of nitro groups is 1. The molecule has 0 atom stereocenters. The number of phenols is 1. The summed E-state index contributed by atoms with van der Waals surface area (Å²) in [6.45, 7) is 0. The Bertz CT molecular complexity index is 696. The molecule has 82 valence electrons. The van der Waals surface area contributed by atoms with E-state index < -0.39 is 38.8 Å². The van der Waals surface area contributed by atoms with Crippen LogP contribution in [-0.4, -0.2) is 10.0 Å². The predicted octanol–water partition coefficient (Wildman–Crippen LogP) is 0.360. The molecule has 2 rings (SSSR count). The minimum atomic E-state index is -1.37. The molecule has 0 aliphatic rings. The Morgan fingerprint density at radius 1 is 1.12 bits per heavy atom. The Balaban J connectivity index is 3.04. The minimum Gasteiger partial charge on any atom is -0.504 e. The summed E-state index contributed by atoms with van der Waals surface area (Å²) < 4.78 is 8.80. The monoisotopic (exact) mass is 225 g/mol. The topological polar surface area (TPSA) is 124 Å². The maximum atomic E-state index is 10.8. The molecule has 0 fully saturated rings. The summed E-state index contributed by atoms with van der Waals surface area (Å²) in [5.74, 6) is -0.526. The van der Waals surface area contributed by atoms with Gasteiger partial charge in [0.2, 0.25) is 5.58 Å². The molecule has 1 aromatic carbocycles. The van der Waals surface area contributed by atoms with Gasteiger partial charge < -0.3 is 13.9 Å². The van der Waals surface area contributed by atoms with Crippen molar-refractivity contribution in [3.05, 3.63) is 43.1 Å². The van der Waals surface area contributed by atoms with Crippen molar-refractivity contribution >= 4 is 16.9 Å². The highest BCUT2D eigenvalue weighted by Crippen LogP contribution is 2.29. The van der Waals surface area contributed by atoms with E-state index in [1.165, 1.54) is 0 Å². The van der Waals surface area contributed by atoms with E-state index >= 15 is 0 Å². The SMILES string of the molecule is O=c1oc2c(O)ccc([N+](=O)[O-])c2oc1=O. The van der Waals surface area contributed by atoms with E-state index in [1.807, 2.05) is 0 Å². The highest BCUT2D eigenvalue weighted by atomic mass is 16.6. The number of nitro benzene ring substituents is 1. The third-order valence-electron chi connectivity index (χ3n) is 1.82. The Hall–Kier alpha value is -2.64. The van der Waals surface area contributed by atoms with E-state index in [9.17, 15) is 24.8 Å². The van der Waals surface area contributed by atoms with Crippen LogP contribution in [0.5, 0.6) is 5.75 Å². The lowest BCUT2D eigenvalue weighted by Crippen LogP contribution is -2.21. The van der Waals surface area contributed by atoms with Gasteiger partial charge in [-0.3, -0.25) is 10.1 Å². The van der Waals surface area contributed by atoms with Gasteiger partial charge in [-0.15, -0.1) is 0 Å². The van der Waals surface area contributed by atoms with E-state index in [-0.39, 0.29) is 0 Å². The molecule has 8 heteroatoms. The van der Waals surface area contributed by atoms with Gasteiger partial charge in [-0.2, -0.15) is 0 Å². The second kappa shape index (κ2) is 3.19. The number of hydrogen-bond acceptors (Lipinski definition) is 7. The van der Waals surface area contributed by atoms with Crippen molar-refractivity contribution < 1.29 is 18.9 Å². The zero-order valence-corrected chi connectivity index (χ0v) is 7.50. The highest BCUT2D eigenvalue weighted by molar-refractivity contribution is 5.84. The largest absolute Gasteiger partial charge is 0.504 e. The molecule has 1 aromatic heterocycles. The van der Waals surface area contributed by atoms with Crippen molar-refractivity contribution in [1.82, 2.24) is 0 Å². The molecule has 0 saturated heterocycles. The van der Waals surface area contributed by atoms with Crippen LogP contribution in [-0.2, 0) is 0 Å². The number of non-ortho nitro benzene ring substituents is 1. The summed E-state index contributed by atoms with van der Waals surface area (Å²) in [5.41, 5.74) is -4.40. The second-order valence-corrected chi connectivity index (χ2v) is 2.80. The average molecular weight is 225 g/mol. The van der Waals surface area contributed by atoms with Crippen molar-refractivity contribution in [2.75, 3.05) is 0 Å². The van der Waals surface area contributed by atoms with Gasteiger partial charge in [0.25, 0.3) is 5.58 Å². The quantitative estimate of drug-likeness (QED) is 0.422. The smallest absolute Gasteiger partial charge is 0.423 e. The maximum Gasteiger partial charge on any atom is 0.423 e. The van der Waals surface area contributed by atoms with E-state index in [1.54, 1.807) is 0 Å². The standard InChI is InChI=1S/C8H3NO7/c10-4-2-1-3(9(13)14)5-6(4)16-8(12)7(11)15-5/h1-2,10H. The molecule has 1 heterocycles. The zero-order valence-electron chi connectivity index (χ0n) is 7.50. The van der Waals surface area contributed by atoms with Gasteiger partial charge in [0.1, 0.15) is 0 Å². The van der Waals surface area contributed by atoms with Gasteiger partial charge in [0.15, 0.2) is 5.75 Å². The summed E-state index contributed by atoms with van der Waals surface area (Å²) in [4.78, 5) is 31.4. The van der Waals surface area contributed by atoms with E-state index in [0.717, 1.165) is 12.1 Å². The van der Waals surface area contributed by atoms with Crippen LogP contribution >= 0.6 is 0 Å². The number of fused-ring (bicyclic) bond motifs is 1. The number of hydrogen-bond donors (Lipinski definition) is 1. The van der Waals surface area contributed by atoms with Crippen molar-refractivity contribution in [3.8, 4) is 5.75 Å². The molecule has 0 amide bonds. The molecule has 0 bridgehead atoms. The maximum absolute atomic E-state index is 10.8. The fraction of sp³-hybridized carbons (Fsp3) is 0. The lowest BCUT2D eigenvalue weighted by molar-refractivity contribution is -0.383. The molecular weight excluding hydrogens is 222 g/mol. The first-order valence-corrected chi connectivity index (χ1v) is 3.95. The Labute approximate surface area is 85.5 Å². The predicted molar refractivity (Wildman–Crippen MR) is 49.3 cm³/mol. The van der Waals surface area contributed by atoms with Crippen LogP contribution in [0.25, 0.3) is 11.2 Å². The van der Waals surface area contributed by atoms with Gasteiger partial charge in [-0.1, -0.05) is 0 Å². The first-order chi connectivity index (χ1) is 7.50. The number of phenolic OH excluding ortho intramolecular Hbond substituents is 1. The fourth-order valence-corrected chi connectivity index (χ4v) is 1.15. The van der Waals surface area contributed by atoms with Crippen LogP contribution in [0.4, 0.5) is 5.69 Å². The van der Waals surface area contributed by atoms with Crippen molar-refractivity contribution in [2.24, 2.45) is 0 Å². The van der Waals surface area contributed by atoms with Crippen molar-refractivity contribution in [2.45, 2.75) is 0 Å². The van der Waals surface area contributed by atoms with Gasteiger partial charge in [0.05, 0.1) is 4.92 Å². The summed E-state index contributed by atoms with van der Waals surface area (Å²) in [7, 11) is 0. The second-order valence-electron chi connectivity index (χ2n) is 2.80. The minimum absolute atomic E-state index is 0.526. The molecule has 2 aromatic rings. The molecule has 0 saturated carbocycles. The van der Waals surface area contributed by atoms with Crippen LogP contribution in [0.1, 0.15) is 0 Å². The van der Waals surface area contributed by atoms with Gasteiger partial charge in [0, 0.05) is 6.07 Å². The normalized spacial score (nSPS) is 10.5. The highest BCUT2D eigenvalue weighted by Gasteiger charge is 2.20. The Morgan fingerprint density at radius 3 is 2.25 bits per heavy atom. The van der Waals surface area contributed by atoms with E-state index in [4.69, 9.17) is 0 Å². The van der Waals surface area contributed by atoms with Crippen LogP contribution in [0.15, 0.2) is 30.6 Å². The number of nitrogens with zero attached hydrogens (tertiary/aromatic N) is 1. The Morgan fingerprint density at radius 2 is 1.69 bits per heavy atom. The fourth-order valence-electron chi connectivity index (χ4n) is 1.15. The number of benzene rings is 1. The number of aromatic hydroxyl groups is 1. The van der Waals surface area contributed by atoms with Gasteiger partial charge in [-0.05, 0) is 6.07 Å². The summed E-state index contributed by atoms with van der Waals surface area (Å²) >= 11 is 0. The molecule has 0 spiro atoms. The molecule has 0 aliphatic carbocycles. The summed E-state index contributed by atoms with van der Waals surface area (Å²) in [6, 6.07) is 1.89. The molecule has 0 aliphatic heterocycles. The third kappa shape index (κ3) is 1.32.